The van der Waals surface area contributed by atoms with Gasteiger partial charge in [-0.25, -0.2) is 4.98 Å². The van der Waals surface area contributed by atoms with Crippen molar-refractivity contribution in [3.8, 4) is 11.7 Å². The van der Waals surface area contributed by atoms with Gasteiger partial charge in [-0.2, -0.15) is 16.7 Å². The summed E-state index contributed by atoms with van der Waals surface area (Å²) >= 11 is 7.58. The normalized spacial score (nSPS) is 16.8. The summed E-state index contributed by atoms with van der Waals surface area (Å²) in [5.74, 6) is 1.88. The van der Waals surface area contributed by atoms with Crippen LogP contribution < -0.4 is 5.32 Å². The van der Waals surface area contributed by atoms with Crippen molar-refractivity contribution in [2.75, 3.05) is 12.8 Å². The number of hydrogen-bond donors (Lipinski definition) is 2. The van der Waals surface area contributed by atoms with Gasteiger partial charge < -0.3 is 14.8 Å². The number of carbonyl (C=O) groups excluding carboxylic acids is 1. The third-order valence-electron chi connectivity index (χ3n) is 4.24. The van der Waals surface area contributed by atoms with Crippen molar-refractivity contribution in [2.45, 2.75) is 18.1 Å². The zero-order valence-corrected chi connectivity index (χ0v) is 15.5. The molecule has 1 amide bonds. The molecule has 0 fully saturated rings. The maximum atomic E-state index is 12.4. The van der Waals surface area contributed by atoms with Crippen molar-refractivity contribution in [1.29, 1.82) is 0 Å². The van der Waals surface area contributed by atoms with Crippen molar-refractivity contribution in [2.24, 2.45) is 0 Å². The molecule has 0 aliphatic carbocycles. The molecule has 3 heterocycles. The topological polar surface area (TPSA) is 96.7 Å². The van der Waals surface area contributed by atoms with Gasteiger partial charge in [0.05, 0.1) is 5.75 Å². The molecule has 7 nitrogen and oxygen atoms in total. The van der Waals surface area contributed by atoms with Gasteiger partial charge in [0, 0.05) is 23.2 Å². The van der Waals surface area contributed by atoms with Crippen LogP contribution >= 0.6 is 23.4 Å². The molecule has 0 saturated heterocycles. The van der Waals surface area contributed by atoms with Gasteiger partial charge in [0.25, 0.3) is 11.8 Å². The smallest absolute Gasteiger partial charge is 0.293 e. The molecule has 1 aliphatic heterocycles. The third-order valence-corrected chi connectivity index (χ3v) is 5.04. The van der Waals surface area contributed by atoms with Crippen molar-refractivity contribution in [3.05, 3.63) is 52.1 Å². The minimum absolute atomic E-state index is 0.125. The first kappa shape index (κ1) is 17.1. The molecule has 0 saturated carbocycles. The summed E-state index contributed by atoms with van der Waals surface area (Å²) in [6, 6.07) is 7.67. The third kappa shape index (κ3) is 3.34. The number of hydrogen-bond acceptors (Lipinski definition) is 6. The van der Waals surface area contributed by atoms with Crippen LogP contribution in [0.5, 0.6) is 0 Å². The highest BCUT2D eigenvalue weighted by molar-refractivity contribution is 7.97. The summed E-state index contributed by atoms with van der Waals surface area (Å²) in [7, 11) is 0. The average Bonchev–Trinajstić information content (AvgIpc) is 3.23. The molecular weight excluding hydrogens is 374 g/mol. The summed E-state index contributed by atoms with van der Waals surface area (Å²) in [4.78, 5) is 24.3. The number of rotatable bonds is 4. The molecule has 3 aromatic rings. The SMILES string of the molecule is CSCc1noc(-c2nc3c([nH]2)C[C@H](c2ccc(Cl)cc2)CNC3=O)n1. The van der Waals surface area contributed by atoms with E-state index in [0.717, 1.165) is 11.3 Å². The minimum atomic E-state index is -0.206. The van der Waals surface area contributed by atoms with Crippen LogP contribution in [-0.4, -0.2) is 38.8 Å². The first-order chi connectivity index (χ1) is 12.6. The monoisotopic (exact) mass is 389 g/mol. The number of nitrogens with one attached hydrogen (secondary N) is 2. The van der Waals surface area contributed by atoms with Crippen LogP contribution in [0.15, 0.2) is 28.8 Å². The maximum absolute atomic E-state index is 12.4. The molecule has 2 N–H and O–H groups in total. The van der Waals surface area contributed by atoms with Crippen LogP contribution in [0.25, 0.3) is 11.7 Å². The highest BCUT2D eigenvalue weighted by Crippen LogP contribution is 2.27. The van der Waals surface area contributed by atoms with E-state index in [1.54, 1.807) is 11.8 Å². The number of halogens is 1. The first-order valence-corrected chi connectivity index (χ1v) is 9.85. The number of carbonyl (C=O) groups is 1. The first-order valence-electron chi connectivity index (χ1n) is 8.08. The van der Waals surface area contributed by atoms with E-state index < -0.39 is 0 Å². The van der Waals surface area contributed by atoms with E-state index in [0.29, 0.717) is 41.1 Å². The Kier molecular flexibility index (Phi) is 4.69. The Morgan fingerprint density at radius 1 is 1.31 bits per heavy atom. The summed E-state index contributed by atoms with van der Waals surface area (Å²) in [5, 5.41) is 7.53. The van der Waals surface area contributed by atoms with Crippen LogP contribution in [0.3, 0.4) is 0 Å². The molecule has 0 spiro atoms. The zero-order valence-electron chi connectivity index (χ0n) is 14.0. The summed E-state index contributed by atoms with van der Waals surface area (Å²) in [6.07, 6.45) is 2.61. The number of aromatic nitrogens is 4. The number of H-pyrrole nitrogens is 1. The molecule has 4 rings (SSSR count). The maximum Gasteiger partial charge on any atom is 0.293 e. The number of amides is 1. The fraction of sp³-hybridized carbons (Fsp3) is 0.294. The molecule has 0 radical (unpaired) electrons. The molecule has 2 aromatic heterocycles. The second kappa shape index (κ2) is 7.13. The lowest BCUT2D eigenvalue weighted by Gasteiger charge is -2.14. The Balaban J connectivity index is 1.64. The number of thioether (sulfide) groups is 1. The van der Waals surface area contributed by atoms with Gasteiger partial charge in [-0.3, -0.25) is 4.79 Å². The highest BCUT2D eigenvalue weighted by atomic mass is 35.5. The number of imidazole rings is 1. The van der Waals surface area contributed by atoms with Crippen LogP contribution in [0.2, 0.25) is 5.02 Å². The molecule has 0 bridgehead atoms. The van der Waals surface area contributed by atoms with Gasteiger partial charge in [0.15, 0.2) is 11.6 Å². The van der Waals surface area contributed by atoms with Gasteiger partial charge >= 0.3 is 0 Å². The molecule has 1 aliphatic rings. The van der Waals surface area contributed by atoms with Gasteiger partial charge in [0.1, 0.15) is 5.69 Å². The molecule has 1 atom stereocenters. The van der Waals surface area contributed by atoms with Crippen molar-refractivity contribution >= 4 is 29.3 Å². The number of nitrogens with zero attached hydrogens (tertiary/aromatic N) is 3. The quantitative estimate of drug-likeness (QED) is 0.711. The van der Waals surface area contributed by atoms with E-state index in [9.17, 15) is 4.79 Å². The Bertz CT molecular complexity index is 937. The Labute approximate surface area is 158 Å². The zero-order chi connectivity index (χ0) is 18.1. The van der Waals surface area contributed by atoms with E-state index in [2.05, 4.69) is 25.4 Å². The molecule has 9 heteroatoms. The second-order valence-corrected chi connectivity index (χ2v) is 7.33. The summed E-state index contributed by atoms with van der Waals surface area (Å²) in [6.45, 7) is 0.540. The number of aromatic amines is 1. The van der Waals surface area contributed by atoms with Crippen LogP contribution in [-0.2, 0) is 12.2 Å². The lowest BCUT2D eigenvalue weighted by Crippen LogP contribution is -2.26. The van der Waals surface area contributed by atoms with Gasteiger partial charge in [-0.1, -0.05) is 28.9 Å². The number of benzene rings is 1. The molecule has 134 valence electrons. The average molecular weight is 390 g/mol. The predicted molar refractivity (Wildman–Crippen MR) is 99.3 cm³/mol. The predicted octanol–water partition coefficient (Wildman–Crippen LogP) is 3.05. The van der Waals surface area contributed by atoms with Gasteiger partial charge in [-0.15, -0.1) is 0 Å². The summed E-state index contributed by atoms with van der Waals surface area (Å²) in [5.41, 5.74) is 2.25. The van der Waals surface area contributed by atoms with E-state index in [1.807, 2.05) is 30.5 Å². The largest absolute Gasteiger partial charge is 0.350 e. The lowest BCUT2D eigenvalue weighted by atomic mass is 9.94. The van der Waals surface area contributed by atoms with E-state index in [4.69, 9.17) is 16.1 Å². The molecule has 1 aromatic carbocycles. The van der Waals surface area contributed by atoms with Crippen molar-refractivity contribution in [3.63, 3.8) is 0 Å². The lowest BCUT2D eigenvalue weighted by molar-refractivity contribution is 0.0950. The summed E-state index contributed by atoms with van der Waals surface area (Å²) < 4.78 is 5.26. The Hall–Kier alpha value is -2.32. The molecule has 26 heavy (non-hydrogen) atoms. The Morgan fingerprint density at radius 3 is 2.88 bits per heavy atom. The van der Waals surface area contributed by atoms with Gasteiger partial charge in [-0.05, 0) is 30.4 Å². The molecule has 0 unspecified atom stereocenters. The fourth-order valence-electron chi connectivity index (χ4n) is 2.97. The van der Waals surface area contributed by atoms with Crippen molar-refractivity contribution in [1.82, 2.24) is 25.4 Å². The van der Waals surface area contributed by atoms with Crippen LogP contribution in [0, 0.1) is 0 Å². The standard InChI is InChI=1S/C17H16ClN5O2S/c1-26-8-13-21-17(25-23-13)15-20-12-6-10(7-19-16(24)14(12)22-15)9-2-4-11(18)5-3-9/h2-5,10H,6-8H2,1H3,(H,19,24)(H,20,22)/t10-/m0/s1. The number of fused-ring (bicyclic) bond motifs is 1. The molecular formula is C17H16ClN5O2S. The fourth-order valence-corrected chi connectivity index (χ4v) is 3.47. The van der Waals surface area contributed by atoms with E-state index in [-0.39, 0.29) is 17.7 Å². The Morgan fingerprint density at radius 2 is 2.12 bits per heavy atom. The van der Waals surface area contributed by atoms with Gasteiger partial charge in [0.2, 0.25) is 0 Å². The highest BCUT2D eigenvalue weighted by Gasteiger charge is 2.27. The van der Waals surface area contributed by atoms with Crippen LogP contribution in [0.1, 0.15) is 33.5 Å². The minimum Gasteiger partial charge on any atom is -0.350 e. The second-order valence-electron chi connectivity index (χ2n) is 6.02. The van der Waals surface area contributed by atoms with E-state index >= 15 is 0 Å². The van der Waals surface area contributed by atoms with E-state index in [1.165, 1.54) is 0 Å². The van der Waals surface area contributed by atoms with Crippen molar-refractivity contribution < 1.29 is 9.32 Å². The van der Waals surface area contributed by atoms with Crippen LogP contribution in [0.4, 0.5) is 0 Å².